The number of hydrogen-bond acceptors (Lipinski definition) is 4. The standard InChI is InChI=1S/C13H24N2O3.ClH/c1-18-12(16)6-4-2-3-5-8-15-13(17)11-7-9-14-10-11;/h11,14H,2-10H2,1H3,(H,15,17);1H. The molecule has 0 bridgehead atoms. The van der Waals surface area contributed by atoms with Gasteiger partial charge in [0.2, 0.25) is 5.91 Å². The molecule has 2 N–H and O–H groups in total. The molecule has 1 aliphatic heterocycles. The molecule has 5 nitrogen and oxygen atoms in total. The van der Waals surface area contributed by atoms with Crippen LogP contribution in [-0.2, 0) is 14.3 Å². The summed E-state index contributed by atoms with van der Waals surface area (Å²) in [5, 5.41) is 6.15. The highest BCUT2D eigenvalue weighted by molar-refractivity contribution is 5.85. The lowest BCUT2D eigenvalue weighted by Gasteiger charge is -2.09. The van der Waals surface area contributed by atoms with E-state index in [9.17, 15) is 9.59 Å². The van der Waals surface area contributed by atoms with Crippen LogP contribution in [0.4, 0.5) is 0 Å². The number of esters is 1. The summed E-state index contributed by atoms with van der Waals surface area (Å²) < 4.78 is 4.56. The van der Waals surface area contributed by atoms with Crippen LogP contribution in [0.1, 0.15) is 38.5 Å². The van der Waals surface area contributed by atoms with Crippen molar-refractivity contribution >= 4 is 24.3 Å². The van der Waals surface area contributed by atoms with Crippen molar-refractivity contribution < 1.29 is 14.3 Å². The Kier molecular flexibility index (Phi) is 10.6. The number of nitrogens with one attached hydrogen (secondary N) is 2. The fourth-order valence-corrected chi connectivity index (χ4v) is 2.08. The Balaban J connectivity index is 0.00000324. The van der Waals surface area contributed by atoms with E-state index in [1.807, 2.05) is 0 Å². The number of amides is 1. The number of unbranched alkanes of at least 4 members (excludes halogenated alkanes) is 3. The first-order valence-electron chi connectivity index (χ1n) is 6.79. The number of rotatable bonds is 8. The summed E-state index contributed by atoms with van der Waals surface area (Å²) in [7, 11) is 1.41. The Morgan fingerprint density at radius 3 is 2.63 bits per heavy atom. The van der Waals surface area contributed by atoms with Crippen LogP contribution in [-0.4, -0.2) is 38.6 Å². The number of carbonyl (C=O) groups excluding carboxylic acids is 2. The zero-order valence-corrected chi connectivity index (χ0v) is 12.4. The van der Waals surface area contributed by atoms with Gasteiger partial charge < -0.3 is 15.4 Å². The fourth-order valence-electron chi connectivity index (χ4n) is 2.08. The van der Waals surface area contributed by atoms with Gasteiger partial charge in [-0.25, -0.2) is 0 Å². The second-order valence-corrected chi connectivity index (χ2v) is 4.72. The van der Waals surface area contributed by atoms with E-state index in [4.69, 9.17) is 0 Å². The van der Waals surface area contributed by atoms with E-state index in [1.165, 1.54) is 7.11 Å². The SMILES string of the molecule is COC(=O)CCCCCCNC(=O)C1CCNC1.Cl. The van der Waals surface area contributed by atoms with Crippen molar-refractivity contribution in [3.63, 3.8) is 0 Å². The summed E-state index contributed by atoms with van der Waals surface area (Å²) in [5.41, 5.74) is 0. The van der Waals surface area contributed by atoms with Crippen LogP contribution >= 0.6 is 12.4 Å². The third kappa shape index (κ3) is 8.06. The van der Waals surface area contributed by atoms with Crippen LogP contribution in [0.2, 0.25) is 0 Å². The molecule has 1 saturated heterocycles. The molecule has 1 atom stereocenters. The molecule has 0 aliphatic carbocycles. The summed E-state index contributed by atoms with van der Waals surface area (Å²) >= 11 is 0. The van der Waals surface area contributed by atoms with Crippen LogP contribution in [0.3, 0.4) is 0 Å². The first-order valence-corrected chi connectivity index (χ1v) is 6.79. The third-order valence-electron chi connectivity index (χ3n) is 3.27. The van der Waals surface area contributed by atoms with E-state index in [2.05, 4.69) is 15.4 Å². The normalized spacial score (nSPS) is 17.6. The van der Waals surface area contributed by atoms with E-state index in [1.54, 1.807) is 0 Å². The van der Waals surface area contributed by atoms with Gasteiger partial charge in [0.1, 0.15) is 0 Å². The molecular weight excluding hydrogens is 268 g/mol. The van der Waals surface area contributed by atoms with Crippen molar-refractivity contribution in [2.45, 2.75) is 38.5 Å². The summed E-state index contributed by atoms with van der Waals surface area (Å²) in [5.74, 6) is 0.191. The number of carbonyl (C=O) groups is 2. The summed E-state index contributed by atoms with van der Waals surface area (Å²) in [6.07, 6.45) is 5.35. The van der Waals surface area contributed by atoms with Crippen LogP contribution in [0.25, 0.3) is 0 Å². The van der Waals surface area contributed by atoms with Gasteiger partial charge in [-0.05, 0) is 25.8 Å². The maximum Gasteiger partial charge on any atom is 0.305 e. The molecule has 0 radical (unpaired) electrons. The predicted octanol–water partition coefficient (Wildman–Crippen LogP) is 1.26. The predicted molar refractivity (Wildman–Crippen MR) is 76.3 cm³/mol. The second kappa shape index (κ2) is 11.1. The van der Waals surface area contributed by atoms with Gasteiger partial charge in [0.25, 0.3) is 0 Å². The second-order valence-electron chi connectivity index (χ2n) is 4.72. The minimum Gasteiger partial charge on any atom is -0.469 e. The number of ether oxygens (including phenoxy) is 1. The fraction of sp³-hybridized carbons (Fsp3) is 0.846. The molecule has 1 rings (SSSR count). The van der Waals surface area contributed by atoms with Crippen LogP contribution < -0.4 is 10.6 Å². The third-order valence-corrected chi connectivity index (χ3v) is 3.27. The Morgan fingerprint density at radius 2 is 2.00 bits per heavy atom. The average molecular weight is 293 g/mol. The van der Waals surface area contributed by atoms with E-state index >= 15 is 0 Å². The molecule has 19 heavy (non-hydrogen) atoms. The molecule has 0 spiro atoms. The van der Waals surface area contributed by atoms with Crippen molar-refractivity contribution in [1.82, 2.24) is 10.6 Å². The molecule has 1 unspecified atom stereocenters. The quantitative estimate of drug-likeness (QED) is 0.522. The Morgan fingerprint density at radius 1 is 1.26 bits per heavy atom. The van der Waals surface area contributed by atoms with Gasteiger partial charge in [0.05, 0.1) is 13.0 Å². The molecular formula is C13H25ClN2O3. The average Bonchev–Trinajstić information content (AvgIpc) is 2.91. The highest BCUT2D eigenvalue weighted by atomic mass is 35.5. The molecule has 0 aromatic carbocycles. The van der Waals surface area contributed by atoms with E-state index in [-0.39, 0.29) is 30.2 Å². The Bertz CT molecular complexity index is 269. The largest absolute Gasteiger partial charge is 0.469 e. The van der Waals surface area contributed by atoms with Crippen molar-refractivity contribution in [2.75, 3.05) is 26.7 Å². The van der Waals surface area contributed by atoms with Gasteiger partial charge in [-0.3, -0.25) is 9.59 Å². The number of methoxy groups -OCH3 is 1. The van der Waals surface area contributed by atoms with E-state index in [0.29, 0.717) is 6.42 Å². The highest BCUT2D eigenvalue weighted by Crippen LogP contribution is 2.07. The monoisotopic (exact) mass is 292 g/mol. The molecule has 1 fully saturated rings. The topological polar surface area (TPSA) is 67.4 Å². The molecule has 1 aliphatic rings. The minimum atomic E-state index is -0.142. The highest BCUT2D eigenvalue weighted by Gasteiger charge is 2.21. The molecule has 6 heteroatoms. The van der Waals surface area contributed by atoms with Gasteiger partial charge in [0, 0.05) is 19.5 Å². The first kappa shape index (κ1) is 18.2. The van der Waals surface area contributed by atoms with Gasteiger partial charge >= 0.3 is 5.97 Å². The van der Waals surface area contributed by atoms with Crippen LogP contribution in [0.5, 0.6) is 0 Å². The van der Waals surface area contributed by atoms with Gasteiger partial charge in [-0.1, -0.05) is 12.8 Å². The zero-order chi connectivity index (χ0) is 13.2. The van der Waals surface area contributed by atoms with Crippen molar-refractivity contribution in [1.29, 1.82) is 0 Å². The lowest BCUT2D eigenvalue weighted by Crippen LogP contribution is -2.32. The lowest BCUT2D eigenvalue weighted by atomic mass is 10.1. The molecule has 0 saturated carbocycles. The van der Waals surface area contributed by atoms with Gasteiger partial charge in [0.15, 0.2) is 0 Å². The lowest BCUT2D eigenvalue weighted by molar-refractivity contribution is -0.140. The summed E-state index contributed by atoms with van der Waals surface area (Å²) in [4.78, 5) is 22.5. The van der Waals surface area contributed by atoms with E-state index in [0.717, 1.165) is 51.7 Å². The van der Waals surface area contributed by atoms with Gasteiger partial charge in [-0.15, -0.1) is 12.4 Å². The van der Waals surface area contributed by atoms with Crippen LogP contribution in [0.15, 0.2) is 0 Å². The van der Waals surface area contributed by atoms with Crippen molar-refractivity contribution in [3.05, 3.63) is 0 Å². The number of halogens is 1. The van der Waals surface area contributed by atoms with Gasteiger partial charge in [-0.2, -0.15) is 0 Å². The zero-order valence-electron chi connectivity index (χ0n) is 11.6. The maximum absolute atomic E-state index is 11.7. The molecule has 0 aromatic rings. The summed E-state index contributed by atoms with van der Waals surface area (Å²) in [6.45, 7) is 2.50. The number of hydrogen-bond donors (Lipinski definition) is 2. The molecule has 0 aromatic heterocycles. The molecule has 1 heterocycles. The maximum atomic E-state index is 11.7. The van der Waals surface area contributed by atoms with Crippen molar-refractivity contribution in [3.8, 4) is 0 Å². The van der Waals surface area contributed by atoms with E-state index < -0.39 is 0 Å². The van der Waals surface area contributed by atoms with Crippen molar-refractivity contribution in [2.24, 2.45) is 5.92 Å². The first-order chi connectivity index (χ1) is 8.74. The Hall–Kier alpha value is -0.810. The minimum absolute atomic E-state index is 0. The molecule has 112 valence electrons. The van der Waals surface area contributed by atoms with Crippen LogP contribution in [0, 0.1) is 5.92 Å². The smallest absolute Gasteiger partial charge is 0.305 e. The molecule has 1 amide bonds. The Labute approximate surface area is 121 Å². The summed E-state index contributed by atoms with van der Waals surface area (Å²) in [6, 6.07) is 0.